The number of carbonyl (C=O) groups is 1. The van der Waals surface area contributed by atoms with E-state index in [1.54, 1.807) is 6.07 Å². The number of hydrogen-bond donors (Lipinski definition) is 2. The standard InChI is InChI=1S/C22H26N6O/c1-14-6-9-18-19(13-14)27(3)20(25-18)10-11-24-22(29)17-5-4-12-28(21(17)26-23)15(2)16-7-8-16/h4-6,9,12-13,16H,2,7-8,10-11,23H2,1,3H3,(H,24,29). The lowest BCUT2D eigenvalue weighted by Crippen LogP contribution is -2.35. The van der Waals surface area contributed by atoms with Gasteiger partial charge in [0.15, 0.2) is 5.49 Å². The van der Waals surface area contributed by atoms with Gasteiger partial charge in [0.05, 0.1) is 16.6 Å². The Morgan fingerprint density at radius 2 is 2.17 bits per heavy atom. The summed E-state index contributed by atoms with van der Waals surface area (Å²) in [4.78, 5) is 17.5. The number of rotatable bonds is 6. The van der Waals surface area contributed by atoms with Crippen molar-refractivity contribution in [2.75, 3.05) is 6.54 Å². The van der Waals surface area contributed by atoms with Crippen LogP contribution in [0.3, 0.4) is 0 Å². The third kappa shape index (κ3) is 3.68. The molecule has 4 rings (SSSR count). The number of benzene rings is 1. The number of aromatic nitrogens is 3. The summed E-state index contributed by atoms with van der Waals surface area (Å²) >= 11 is 0. The largest absolute Gasteiger partial charge is 0.351 e. The van der Waals surface area contributed by atoms with Crippen molar-refractivity contribution in [3.8, 4) is 0 Å². The van der Waals surface area contributed by atoms with Gasteiger partial charge in [-0.25, -0.2) is 4.98 Å². The van der Waals surface area contributed by atoms with Gasteiger partial charge in [-0.3, -0.25) is 4.79 Å². The lowest BCUT2D eigenvalue weighted by Gasteiger charge is -2.12. The van der Waals surface area contributed by atoms with Crippen molar-refractivity contribution >= 4 is 22.6 Å². The summed E-state index contributed by atoms with van der Waals surface area (Å²) in [5.41, 5.74) is 5.06. The maximum absolute atomic E-state index is 12.8. The molecule has 0 radical (unpaired) electrons. The topological polar surface area (TPSA) is 90.2 Å². The minimum Gasteiger partial charge on any atom is -0.351 e. The van der Waals surface area contributed by atoms with E-state index in [1.165, 1.54) is 5.56 Å². The van der Waals surface area contributed by atoms with Crippen LogP contribution in [0, 0.1) is 12.8 Å². The van der Waals surface area contributed by atoms with E-state index in [0.29, 0.717) is 29.9 Å². The fourth-order valence-corrected chi connectivity index (χ4v) is 3.61. The van der Waals surface area contributed by atoms with Gasteiger partial charge in [0.1, 0.15) is 5.82 Å². The fraction of sp³-hybridized carbons (Fsp3) is 0.318. The molecule has 0 bridgehead atoms. The van der Waals surface area contributed by atoms with E-state index >= 15 is 0 Å². The number of carbonyl (C=O) groups excluding carboxylic acids is 1. The summed E-state index contributed by atoms with van der Waals surface area (Å²) in [5.74, 6) is 6.78. The highest BCUT2D eigenvalue weighted by Crippen LogP contribution is 2.37. The lowest BCUT2D eigenvalue weighted by atomic mass is 10.2. The van der Waals surface area contributed by atoms with E-state index in [9.17, 15) is 4.79 Å². The molecule has 1 amide bonds. The monoisotopic (exact) mass is 390 g/mol. The zero-order valence-corrected chi connectivity index (χ0v) is 16.9. The van der Waals surface area contributed by atoms with Gasteiger partial charge in [-0.05, 0) is 55.5 Å². The zero-order chi connectivity index (χ0) is 20.5. The maximum atomic E-state index is 12.8. The summed E-state index contributed by atoms with van der Waals surface area (Å²) in [6.07, 6.45) is 4.71. The third-order valence-electron chi connectivity index (χ3n) is 5.46. The Hall–Kier alpha value is -3.35. The lowest BCUT2D eigenvalue weighted by molar-refractivity contribution is 0.0951. The van der Waals surface area contributed by atoms with Crippen LogP contribution < -0.4 is 16.6 Å². The van der Waals surface area contributed by atoms with Gasteiger partial charge in [0, 0.05) is 31.9 Å². The summed E-state index contributed by atoms with van der Waals surface area (Å²) in [6.45, 7) is 6.67. The van der Waals surface area contributed by atoms with Crippen LogP contribution in [0.5, 0.6) is 0 Å². The van der Waals surface area contributed by atoms with E-state index in [1.807, 2.05) is 29.9 Å². The molecule has 2 aromatic heterocycles. The van der Waals surface area contributed by atoms with E-state index in [4.69, 9.17) is 5.84 Å². The SMILES string of the molecule is C=C(C1CC1)n1cccc(C(=O)NCCc2nc3ccc(C)cc3n2C)c1=NN. The van der Waals surface area contributed by atoms with Gasteiger partial charge >= 0.3 is 0 Å². The number of aryl methyl sites for hydroxylation is 2. The average Bonchev–Trinajstić information content (AvgIpc) is 3.53. The van der Waals surface area contributed by atoms with Crippen LogP contribution in [0.4, 0.5) is 0 Å². The molecule has 1 saturated carbocycles. The predicted molar refractivity (Wildman–Crippen MR) is 114 cm³/mol. The number of allylic oxidation sites excluding steroid dienone is 1. The molecule has 7 heteroatoms. The second-order valence-corrected chi connectivity index (χ2v) is 7.60. The minimum atomic E-state index is -0.207. The first-order valence-electron chi connectivity index (χ1n) is 9.84. The molecule has 0 unspecified atom stereocenters. The van der Waals surface area contributed by atoms with E-state index in [0.717, 1.165) is 35.4 Å². The molecule has 1 aromatic carbocycles. The van der Waals surface area contributed by atoms with Gasteiger partial charge in [0.25, 0.3) is 5.91 Å². The van der Waals surface area contributed by atoms with Crippen molar-refractivity contribution in [1.29, 1.82) is 0 Å². The number of pyridine rings is 1. The quantitative estimate of drug-likeness (QED) is 0.500. The van der Waals surface area contributed by atoms with Crippen molar-refractivity contribution in [2.45, 2.75) is 26.2 Å². The van der Waals surface area contributed by atoms with Crippen LogP contribution in [0.25, 0.3) is 16.7 Å². The molecule has 0 atom stereocenters. The normalized spacial score (nSPS) is 14.3. The number of imidazole rings is 1. The summed E-state index contributed by atoms with van der Waals surface area (Å²) in [5, 5.41) is 6.83. The number of hydrogen-bond acceptors (Lipinski definition) is 4. The minimum absolute atomic E-state index is 0.207. The van der Waals surface area contributed by atoms with Gasteiger partial charge in [-0.1, -0.05) is 12.6 Å². The van der Waals surface area contributed by atoms with Crippen molar-refractivity contribution in [3.63, 3.8) is 0 Å². The molecular weight excluding hydrogens is 364 g/mol. The molecule has 0 spiro atoms. The maximum Gasteiger partial charge on any atom is 0.255 e. The Labute approximate surface area is 169 Å². The van der Waals surface area contributed by atoms with Crippen molar-refractivity contribution in [1.82, 2.24) is 19.4 Å². The molecule has 7 nitrogen and oxygen atoms in total. The fourth-order valence-electron chi connectivity index (χ4n) is 3.61. The van der Waals surface area contributed by atoms with Gasteiger partial charge < -0.3 is 20.3 Å². The summed E-state index contributed by atoms with van der Waals surface area (Å²) in [7, 11) is 2.00. The van der Waals surface area contributed by atoms with Gasteiger partial charge in [0.2, 0.25) is 0 Å². The second-order valence-electron chi connectivity index (χ2n) is 7.60. The van der Waals surface area contributed by atoms with Crippen LogP contribution in [-0.2, 0) is 13.5 Å². The molecule has 0 saturated heterocycles. The van der Waals surface area contributed by atoms with E-state index in [2.05, 4.69) is 45.6 Å². The number of nitrogens with two attached hydrogens (primary N) is 1. The Kier molecular flexibility index (Phi) is 4.96. The molecule has 1 aliphatic carbocycles. The molecule has 2 heterocycles. The van der Waals surface area contributed by atoms with Crippen LogP contribution in [0.1, 0.15) is 34.6 Å². The molecular formula is C22H26N6O. The van der Waals surface area contributed by atoms with Crippen LogP contribution in [0.15, 0.2) is 48.2 Å². The van der Waals surface area contributed by atoms with E-state index < -0.39 is 0 Å². The van der Waals surface area contributed by atoms with Crippen LogP contribution in [0.2, 0.25) is 0 Å². The molecule has 150 valence electrons. The number of amides is 1. The first kappa shape index (κ1) is 19.0. The van der Waals surface area contributed by atoms with Gasteiger partial charge in [-0.2, -0.15) is 5.10 Å². The van der Waals surface area contributed by atoms with Gasteiger partial charge in [-0.15, -0.1) is 0 Å². The Bertz CT molecular complexity index is 1170. The molecule has 3 aromatic rings. The zero-order valence-electron chi connectivity index (χ0n) is 16.9. The Morgan fingerprint density at radius 1 is 1.38 bits per heavy atom. The molecule has 29 heavy (non-hydrogen) atoms. The highest BCUT2D eigenvalue weighted by molar-refractivity contribution is 5.93. The highest BCUT2D eigenvalue weighted by Gasteiger charge is 2.26. The number of nitrogens with one attached hydrogen (secondary N) is 1. The summed E-state index contributed by atoms with van der Waals surface area (Å²) < 4.78 is 3.89. The van der Waals surface area contributed by atoms with Crippen molar-refractivity contribution in [2.24, 2.45) is 23.9 Å². The Morgan fingerprint density at radius 3 is 2.90 bits per heavy atom. The average molecular weight is 390 g/mol. The molecule has 1 aliphatic rings. The second kappa shape index (κ2) is 7.58. The predicted octanol–water partition coefficient (Wildman–Crippen LogP) is 2.31. The van der Waals surface area contributed by atoms with Crippen LogP contribution in [-0.4, -0.2) is 26.6 Å². The first-order chi connectivity index (χ1) is 14.0. The highest BCUT2D eigenvalue weighted by atomic mass is 16.1. The third-order valence-corrected chi connectivity index (χ3v) is 5.46. The smallest absolute Gasteiger partial charge is 0.255 e. The molecule has 1 fully saturated rings. The molecule has 3 N–H and O–H groups in total. The van der Waals surface area contributed by atoms with Crippen molar-refractivity contribution in [3.05, 3.63) is 65.5 Å². The summed E-state index contributed by atoms with van der Waals surface area (Å²) in [6, 6.07) is 9.76. The van der Waals surface area contributed by atoms with Crippen LogP contribution >= 0.6 is 0 Å². The molecule has 0 aliphatic heterocycles. The first-order valence-corrected chi connectivity index (χ1v) is 9.84. The van der Waals surface area contributed by atoms with Crippen molar-refractivity contribution < 1.29 is 4.79 Å². The Balaban J connectivity index is 1.49. The van der Waals surface area contributed by atoms with E-state index in [-0.39, 0.29) is 5.91 Å². The number of nitrogens with zero attached hydrogens (tertiary/aromatic N) is 4. The number of fused-ring (bicyclic) bond motifs is 1.